The lowest BCUT2D eigenvalue weighted by Gasteiger charge is -2.34. The lowest BCUT2D eigenvalue weighted by atomic mass is 10.0. The predicted octanol–water partition coefficient (Wildman–Crippen LogP) is 3.66. The van der Waals surface area contributed by atoms with E-state index in [1.54, 1.807) is 25.3 Å². The summed E-state index contributed by atoms with van der Waals surface area (Å²) in [6.07, 6.45) is -2.35. The molecule has 0 aliphatic carbocycles. The maximum atomic E-state index is 13.5. The maximum Gasteiger partial charge on any atom is 0.406 e. The zero-order chi connectivity index (χ0) is 30.5. The number of piperidine rings is 1. The van der Waals surface area contributed by atoms with Crippen LogP contribution in [-0.4, -0.2) is 92.6 Å². The van der Waals surface area contributed by atoms with Gasteiger partial charge in [0.1, 0.15) is 12.3 Å². The number of phenolic OH excluding ortho intramolecular Hbond substituents is 1. The van der Waals surface area contributed by atoms with E-state index in [9.17, 15) is 31.8 Å². The summed E-state index contributed by atoms with van der Waals surface area (Å²) in [5, 5.41) is 27.1. The molecule has 0 amide bonds. The van der Waals surface area contributed by atoms with E-state index in [1.165, 1.54) is 12.1 Å². The third kappa shape index (κ3) is 8.32. The minimum atomic E-state index is -4.46. The SMILES string of the molecule is COCC(O)CN1CCC(Nc2cccc3c2cc(C#CCNc2ccc(S(C)(=O)=O)cc2O)n3CC(F)(F)F)CC1. The summed E-state index contributed by atoms with van der Waals surface area (Å²) >= 11 is 0. The zero-order valence-corrected chi connectivity index (χ0v) is 24.2. The highest BCUT2D eigenvalue weighted by Crippen LogP contribution is 2.31. The van der Waals surface area contributed by atoms with Gasteiger partial charge in [0.2, 0.25) is 0 Å². The monoisotopic (exact) mass is 608 g/mol. The second-order valence-corrected chi connectivity index (χ2v) is 12.4. The number of halogens is 3. The van der Waals surface area contributed by atoms with Crippen molar-refractivity contribution in [2.75, 3.05) is 56.8 Å². The fraction of sp³-hybridized carbons (Fsp3) is 0.448. The van der Waals surface area contributed by atoms with E-state index in [-0.39, 0.29) is 41.2 Å². The van der Waals surface area contributed by atoms with Gasteiger partial charge in [-0.15, -0.1) is 0 Å². The van der Waals surface area contributed by atoms with Gasteiger partial charge in [-0.25, -0.2) is 8.42 Å². The first-order valence-corrected chi connectivity index (χ1v) is 15.3. The number of benzene rings is 2. The highest BCUT2D eigenvalue weighted by molar-refractivity contribution is 7.90. The van der Waals surface area contributed by atoms with Crippen LogP contribution in [-0.2, 0) is 21.1 Å². The number of likely N-dealkylation sites (tertiary alicyclic amines) is 1. The largest absolute Gasteiger partial charge is 0.506 e. The Morgan fingerprint density at radius 2 is 1.88 bits per heavy atom. The Kier molecular flexibility index (Phi) is 9.93. The third-order valence-corrected chi connectivity index (χ3v) is 8.15. The van der Waals surface area contributed by atoms with E-state index >= 15 is 0 Å². The van der Waals surface area contributed by atoms with Crippen molar-refractivity contribution < 1.29 is 36.5 Å². The van der Waals surface area contributed by atoms with Crippen molar-refractivity contribution in [2.24, 2.45) is 0 Å². The molecule has 1 atom stereocenters. The Balaban J connectivity index is 1.50. The molecule has 2 heterocycles. The van der Waals surface area contributed by atoms with Crippen LogP contribution in [0.2, 0.25) is 0 Å². The topological polar surface area (TPSA) is 116 Å². The van der Waals surface area contributed by atoms with E-state index < -0.39 is 28.7 Å². The third-order valence-electron chi connectivity index (χ3n) is 7.04. The number of hydrogen-bond acceptors (Lipinski definition) is 8. The normalized spacial score (nSPS) is 15.8. The molecule has 1 aliphatic heterocycles. The van der Waals surface area contributed by atoms with Gasteiger partial charge in [0.15, 0.2) is 9.84 Å². The van der Waals surface area contributed by atoms with Gasteiger partial charge in [-0.05, 0) is 49.1 Å². The molecule has 0 radical (unpaired) electrons. The lowest BCUT2D eigenvalue weighted by molar-refractivity contribution is -0.140. The summed E-state index contributed by atoms with van der Waals surface area (Å²) in [5.41, 5.74) is 1.57. The molecule has 228 valence electrons. The number of sulfone groups is 1. The number of aromatic hydroxyl groups is 1. The zero-order valence-electron chi connectivity index (χ0n) is 23.4. The molecule has 42 heavy (non-hydrogen) atoms. The van der Waals surface area contributed by atoms with Crippen LogP contribution in [0.15, 0.2) is 47.4 Å². The number of rotatable bonds is 10. The Bertz CT molecular complexity index is 1550. The van der Waals surface area contributed by atoms with Crippen LogP contribution < -0.4 is 10.6 Å². The van der Waals surface area contributed by atoms with E-state index in [1.807, 2.05) is 6.07 Å². The highest BCUT2D eigenvalue weighted by atomic mass is 32.2. The second-order valence-electron chi connectivity index (χ2n) is 10.4. The molecule has 13 heteroatoms. The van der Waals surface area contributed by atoms with Crippen LogP contribution in [0, 0.1) is 11.8 Å². The molecule has 4 rings (SSSR count). The van der Waals surface area contributed by atoms with E-state index in [2.05, 4.69) is 27.4 Å². The van der Waals surface area contributed by atoms with Gasteiger partial charge in [0, 0.05) is 56.2 Å². The van der Waals surface area contributed by atoms with Crippen molar-refractivity contribution in [1.29, 1.82) is 0 Å². The molecular weight excluding hydrogens is 573 g/mol. The number of aliphatic hydroxyl groups is 1. The summed E-state index contributed by atoms with van der Waals surface area (Å²) in [5.74, 6) is 5.35. The minimum Gasteiger partial charge on any atom is -0.506 e. The number of nitrogens with zero attached hydrogens (tertiary/aromatic N) is 2. The number of ether oxygens (including phenoxy) is 1. The molecule has 3 aromatic rings. The molecule has 9 nitrogen and oxygen atoms in total. The number of β-amino-alcohol motifs (C(OH)–C–C–N with tert-alkyl or cyclic N) is 1. The molecule has 1 unspecified atom stereocenters. The maximum absolute atomic E-state index is 13.5. The number of nitrogens with one attached hydrogen (secondary N) is 2. The number of fused-ring (bicyclic) bond motifs is 1. The molecule has 0 saturated carbocycles. The number of phenols is 1. The van der Waals surface area contributed by atoms with Crippen LogP contribution in [0.5, 0.6) is 5.75 Å². The first-order valence-electron chi connectivity index (χ1n) is 13.4. The quantitative estimate of drug-likeness (QED) is 0.204. The number of aromatic nitrogens is 1. The standard InChI is InChI=1S/C29H35F3N4O5S/c1-41-18-22(37)17-35-13-10-20(11-14-35)34-25-6-3-7-27-24(25)15-21(36(27)19-29(30,31)32)5-4-12-33-26-9-8-23(16-28(26)38)42(2,39)40/h3,6-9,15-16,20,22,33-34,37-38H,10-14,17-19H2,1-2H3. The Morgan fingerprint density at radius 3 is 2.52 bits per heavy atom. The van der Waals surface area contributed by atoms with E-state index in [4.69, 9.17) is 4.74 Å². The van der Waals surface area contributed by atoms with Gasteiger partial charge in [-0.2, -0.15) is 13.2 Å². The molecule has 0 bridgehead atoms. The summed E-state index contributed by atoms with van der Waals surface area (Å²) in [7, 11) is -1.94. The molecule has 1 aromatic heterocycles. The van der Waals surface area contributed by atoms with Crippen LogP contribution in [0.25, 0.3) is 10.9 Å². The van der Waals surface area contributed by atoms with Gasteiger partial charge in [0.05, 0.1) is 41.0 Å². The van der Waals surface area contributed by atoms with Crippen molar-refractivity contribution in [3.63, 3.8) is 0 Å². The molecule has 4 N–H and O–H groups in total. The highest BCUT2D eigenvalue weighted by Gasteiger charge is 2.30. The molecule has 1 saturated heterocycles. The Morgan fingerprint density at radius 1 is 1.14 bits per heavy atom. The first-order chi connectivity index (χ1) is 19.8. The van der Waals surface area contributed by atoms with Crippen molar-refractivity contribution in [1.82, 2.24) is 9.47 Å². The first kappa shape index (κ1) is 31.5. The van der Waals surface area contributed by atoms with E-state index in [0.717, 1.165) is 48.5 Å². The number of alkyl halides is 3. The smallest absolute Gasteiger partial charge is 0.406 e. The average molecular weight is 609 g/mol. The van der Waals surface area contributed by atoms with Crippen LogP contribution in [0.4, 0.5) is 24.5 Å². The van der Waals surface area contributed by atoms with Gasteiger partial charge >= 0.3 is 6.18 Å². The summed E-state index contributed by atoms with van der Waals surface area (Å²) in [6, 6.07) is 10.8. The minimum absolute atomic E-state index is 0.00207. The lowest BCUT2D eigenvalue weighted by Crippen LogP contribution is -2.43. The van der Waals surface area contributed by atoms with Gasteiger partial charge in [0.25, 0.3) is 0 Å². The predicted molar refractivity (Wildman–Crippen MR) is 156 cm³/mol. The molecule has 0 spiro atoms. The summed E-state index contributed by atoms with van der Waals surface area (Å²) in [6.45, 7) is 1.16. The van der Waals surface area contributed by atoms with E-state index in [0.29, 0.717) is 17.4 Å². The van der Waals surface area contributed by atoms with Crippen molar-refractivity contribution in [2.45, 2.75) is 42.6 Å². The van der Waals surface area contributed by atoms with Gasteiger partial charge < -0.3 is 35.1 Å². The number of anilines is 2. The van der Waals surface area contributed by atoms with Crippen molar-refractivity contribution in [3.05, 3.63) is 48.2 Å². The van der Waals surface area contributed by atoms with Crippen molar-refractivity contribution >= 4 is 32.1 Å². The number of hydrogen-bond donors (Lipinski definition) is 4. The fourth-order valence-corrected chi connectivity index (χ4v) is 5.69. The Labute approximate surface area is 243 Å². The number of methoxy groups -OCH3 is 1. The van der Waals surface area contributed by atoms with Crippen LogP contribution in [0.3, 0.4) is 0 Å². The summed E-state index contributed by atoms with van der Waals surface area (Å²) < 4.78 is 70.1. The molecule has 2 aromatic carbocycles. The summed E-state index contributed by atoms with van der Waals surface area (Å²) in [4.78, 5) is 2.13. The fourth-order valence-electron chi connectivity index (χ4n) is 5.05. The van der Waals surface area contributed by atoms with Crippen LogP contribution in [0.1, 0.15) is 18.5 Å². The Hall–Kier alpha value is -3.44. The second kappa shape index (κ2) is 13.2. The molecular formula is C29H35F3N4O5S. The molecule has 1 fully saturated rings. The van der Waals surface area contributed by atoms with Gasteiger partial charge in [-0.3, -0.25) is 0 Å². The molecule has 1 aliphatic rings. The number of aliphatic hydroxyl groups excluding tert-OH is 1. The van der Waals surface area contributed by atoms with Crippen LogP contribution >= 0.6 is 0 Å². The van der Waals surface area contributed by atoms with Gasteiger partial charge in [-0.1, -0.05) is 12.0 Å². The van der Waals surface area contributed by atoms with Crippen molar-refractivity contribution in [3.8, 4) is 17.6 Å². The average Bonchev–Trinajstić information content (AvgIpc) is 3.24.